The number of nitrogens with zero attached hydrogens (tertiary/aromatic N) is 1. The maximum absolute atomic E-state index is 11.1. The third-order valence-electron chi connectivity index (χ3n) is 1.33. The lowest BCUT2D eigenvalue weighted by Gasteiger charge is -2.16. The number of alkyl carbamates (subject to hydrolysis) is 1. The van der Waals surface area contributed by atoms with Gasteiger partial charge in [-0.3, -0.25) is 4.79 Å². The van der Waals surface area contributed by atoms with Crippen LogP contribution < -0.4 is 5.32 Å². The van der Waals surface area contributed by atoms with E-state index in [-0.39, 0.29) is 5.91 Å². The van der Waals surface area contributed by atoms with Crippen molar-refractivity contribution >= 4 is 12.0 Å². The molecule has 0 saturated heterocycles. The van der Waals surface area contributed by atoms with E-state index >= 15 is 0 Å². The second kappa shape index (κ2) is 4.58. The Morgan fingerprint density at radius 3 is 2.25 bits per heavy atom. The average Bonchev–Trinajstić information content (AvgIpc) is 2.02. The van der Waals surface area contributed by atoms with Gasteiger partial charge >= 0.3 is 6.09 Å². The summed E-state index contributed by atoms with van der Waals surface area (Å²) in [7, 11) is 4.50. The predicted octanol–water partition coefficient (Wildman–Crippen LogP) is -0.181. The fourth-order valence-electron chi connectivity index (χ4n) is 0.685. The molecule has 0 aliphatic rings. The van der Waals surface area contributed by atoms with Crippen LogP contribution in [0.3, 0.4) is 0 Å². The van der Waals surface area contributed by atoms with Gasteiger partial charge in [-0.25, -0.2) is 4.79 Å². The minimum Gasteiger partial charge on any atom is -0.453 e. The number of carbonyl (C=O) groups is 2. The summed E-state index contributed by atoms with van der Waals surface area (Å²) < 4.78 is 4.33. The summed E-state index contributed by atoms with van der Waals surface area (Å²) in [6, 6.07) is -0.549. The highest BCUT2D eigenvalue weighted by Crippen LogP contribution is 1.88. The van der Waals surface area contributed by atoms with Crippen molar-refractivity contribution in [1.29, 1.82) is 0 Å². The van der Waals surface area contributed by atoms with Crippen molar-refractivity contribution in [3.8, 4) is 0 Å². The summed E-state index contributed by atoms with van der Waals surface area (Å²) in [6.45, 7) is 1.60. The molecule has 0 aromatic rings. The van der Waals surface area contributed by atoms with E-state index in [4.69, 9.17) is 0 Å². The van der Waals surface area contributed by atoms with Crippen LogP contribution in [-0.4, -0.2) is 44.1 Å². The van der Waals surface area contributed by atoms with Crippen LogP contribution in [0.1, 0.15) is 6.92 Å². The molecule has 1 unspecified atom stereocenters. The molecule has 0 aromatic carbocycles. The molecule has 0 aromatic heterocycles. The van der Waals surface area contributed by atoms with Crippen LogP contribution in [0.5, 0.6) is 0 Å². The summed E-state index contributed by atoms with van der Waals surface area (Å²) in [5.41, 5.74) is 0. The zero-order valence-corrected chi connectivity index (χ0v) is 7.75. The van der Waals surface area contributed by atoms with E-state index in [2.05, 4.69) is 10.1 Å². The minimum absolute atomic E-state index is 0.166. The zero-order valence-electron chi connectivity index (χ0n) is 7.75. The molecule has 0 aliphatic carbocycles. The third kappa shape index (κ3) is 3.23. The fourth-order valence-corrected chi connectivity index (χ4v) is 0.685. The minimum atomic E-state index is -0.599. The largest absolute Gasteiger partial charge is 0.453 e. The molecule has 0 aliphatic heterocycles. The highest BCUT2D eigenvalue weighted by atomic mass is 16.5. The van der Waals surface area contributed by atoms with Crippen molar-refractivity contribution in [2.75, 3.05) is 21.2 Å². The number of ether oxygens (including phenoxy) is 1. The van der Waals surface area contributed by atoms with Crippen molar-refractivity contribution in [1.82, 2.24) is 10.2 Å². The van der Waals surface area contributed by atoms with Gasteiger partial charge in [0.1, 0.15) is 6.04 Å². The normalized spacial score (nSPS) is 11.7. The summed E-state index contributed by atoms with van der Waals surface area (Å²) in [4.78, 5) is 23.2. The van der Waals surface area contributed by atoms with E-state index in [1.54, 1.807) is 21.0 Å². The molecule has 0 saturated carbocycles. The van der Waals surface area contributed by atoms with Crippen molar-refractivity contribution in [2.24, 2.45) is 0 Å². The Hall–Kier alpha value is -1.26. The second-order valence-electron chi connectivity index (χ2n) is 2.59. The van der Waals surface area contributed by atoms with Gasteiger partial charge in [-0.1, -0.05) is 0 Å². The molecule has 0 fully saturated rings. The summed E-state index contributed by atoms with van der Waals surface area (Å²) in [6.07, 6.45) is -0.599. The lowest BCUT2D eigenvalue weighted by molar-refractivity contribution is -0.130. The average molecular weight is 174 g/mol. The standard InChI is InChI=1S/C7H14N2O3/c1-5(6(10)9(2)3)8-7(11)12-4/h5H,1-4H3,(H,8,11). The van der Waals surface area contributed by atoms with E-state index in [9.17, 15) is 9.59 Å². The summed E-state index contributed by atoms with van der Waals surface area (Å²) in [5, 5.41) is 2.36. The Bertz CT molecular complexity index is 179. The zero-order chi connectivity index (χ0) is 9.72. The van der Waals surface area contributed by atoms with E-state index in [0.717, 1.165) is 0 Å². The molecule has 0 spiro atoms. The van der Waals surface area contributed by atoms with E-state index in [1.165, 1.54) is 12.0 Å². The molecule has 1 N–H and O–H groups in total. The third-order valence-corrected chi connectivity index (χ3v) is 1.33. The maximum atomic E-state index is 11.1. The van der Waals surface area contributed by atoms with Gasteiger partial charge in [0.15, 0.2) is 0 Å². The first-order valence-electron chi connectivity index (χ1n) is 3.54. The molecular formula is C7H14N2O3. The van der Waals surface area contributed by atoms with Crippen LogP contribution in [0.25, 0.3) is 0 Å². The number of rotatable bonds is 2. The van der Waals surface area contributed by atoms with E-state index in [0.29, 0.717) is 0 Å². The van der Waals surface area contributed by atoms with Gasteiger partial charge in [-0.15, -0.1) is 0 Å². The molecule has 0 rings (SSSR count). The number of amides is 2. The Balaban J connectivity index is 3.95. The Kier molecular flexibility index (Phi) is 4.10. The molecule has 2 amide bonds. The molecule has 12 heavy (non-hydrogen) atoms. The van der Waals surface area contributed by atoms with Gasteiger partial charge in [0.25, 0.3) is 0 Å². The fraction of sp³-hybridized carbons (Fsp3) is 0.714. The monoisotopic (exact) mass is 174 g/mol. The lowest BCUT2D eigenvalue weighted by Crippen LogP contribution is -2.44. The van der Waals surface area contributed by atoms with E-state index < -0.39 is 12.1 Å². The quantitative estimate of drug-likeness (QED) is 0.631. The van der Waals surface area contributed by atoms with Gasteiger partial charge in [0.2, 0.25) is 5.91 Å². The van der Waals surface area contributed by atoms with Gasteiger partial charge in [0.05, 0.1) is 7.11 Å². The molecule has 1 atom stereocenters. The van der Waals surface area contributed by atoms with Crippen LogP contribution >= 0.6 is 0 Å². The summed E-state index contributed by atoms with van der Waals surface area (Å²) in [5.74, 6) is -0.166. The van der Waals surface area contributed by atoms with Crippen LogP contribution in [-0.2, 0) is 9.53 Å². The second-order valence-corrected chi connectivity index (χ2v) is 2.59. The highest BCUT2D eigenvalue weighted by molar-refractivity contribution is 5.84. The molecule has 0 heterocycles. The van der Waals surface area contributed by atoms with Crippen LogP contribution in [0.2, 0.25) is 0 Å². The Labute approximate surface area is 71.7 Å². The molecular weight excluding hydrogens is 160 g/mol. The number of methoxy groups -OCH3 is 1. The molecule has 0 bridgehead atoms. The number of nitrogens with one attached hydrogen (secondary N) is 1. The van der Waals surface area contributed by atoms with Crippen LogP contribution in [0.4, 0.5) is 4.79 Å². The van der Waals surface area contributed by atoms with Gasteiger partial charge < -0.3 is 15.0 Å². The number of hydrogen-bond donors (Lipinski definition) is 1. The molecule has 5 heteroatoms. The molecule has 70 valence electrons. The molecule has 5 nitrogen and oxygen atoms in total. The smallest absolute Gasteiger partial charge is 0.407 e. The number of carbonyl (C=O) groups excluding carboxylic acids is 2. The number of hydrogen-bond acceptors (Lipinski definition) is 3. The van der Waals surface area contributed by atoms with Gasteiger partial charge in [-0.2, -0.15) is 0 Å². The topological polar surface area (TPSA) is 58.6 Å². The predicted molar refractivity (Wildman–Crippen MR) is 43.7 cm³/mol. The highest BCUT2D eigenvalue weighted by Gasteiger charge is 2.16. The van der Waals surface area contributed by atoms with Crippen molar-refractivity contribution < 1.29 is 14.3 Å². The Morgan fingerprint density at radius 2 is 1.92 bits per heavy atom. The van der Waals surface area contributed by atoms with Crippen molar-refractivity contribution in [3.05, 3.63) is 0 Å². The Morgan fingerprint density at radius 1 is 1.42 bits per heavy atom. The number of likely N-dealkylation sites (N-methyl/N-ethyl adjacent to an activating group) is 1. The SMILES string of the molecule is COC(=O)NC(C)C(=O)N(C)C. The maximum Gasteiger partial charge on any atom is 0.407 e. The molecule has 0 radical (unpaired) electrons. The lowest BCUT2D eigenvalue weighted by atomic mass is 10.3. The van der Waals surface area contributed by atoms with Gasteiger partial charge in [-0.05, 0) is 6.92 Å². The van der Waals surface area contributed by atoms with E-state index in [1.807, 2.05) is 0 Å². The van der Waals surface area contributed by atoms with Crippen LogP contribution in [0.15, 0.2) is 0 Å². The first kappa shape index (κ1) is 10.7. The van der Waals surface area contributed by atoms with Crippen LogP contribution in [0, 0.1) is 0 Å². The first-order valence-corrected chi connectivity index (χ1v) is 3.54. The van der Waals surface area contributed by atoms with Crippen molar-refractivity contribution in [2.45, 2.75) is 13.0 Å². The van der Waals surface area contributed by atoms with Gasteiger partial charge in [0, 0.05) is 14.1 Å². The van der Waals surface area contributed by atoms with Crippen molar-refractivity contribution in [3.63, 3.8) is 0 Å². The first-order chi connectivity index (χ1) is 5.49. The summed E-state index contributed by atoms with van der Waals surface area (Å²) >= 11 is 0.